The van der Waals surface area contributed by atoms with Crippen molar-refractivity contribution in [3.8, 4) is 22.8 Å². The molecule has 11 heteroatoms. The van der Waals surface area contributed by atoms with Gasteiger partial charge in [-0.15, -0.1) is 0 Å². The van der Waals surface area contributed by atoms with Crippen LogP contribution in [0.3, 0.4) is 0 Å². The second kappa shape index (κ2) is 8.83. The molecule has 0 amide bonds. The van der Waals surface area contributed by atoms with E-state index in [0.717, 1.165) is 0 Å². The lowest BCUT2D eigenvalue weighted by molar-refractivity contribution is 0.114. The minimum Gasteiger partial charge on any atom is -0.496 e. The van der Waals surface area contributed by atoms with Crippen LogP contribution in [0.2, 0.25) is 5.15 Å². The van der Waals surface area contributed by atoms with Crippen molar-refractivity contribution >= 4 is 23.2 Å². The smallest absolute Gasteiger partial charge is 0.153 e. The highest BCUT2D eigenvalue weighted by atomic mass is 35.5. The summed E-state index contributed by atoms with van der Waals surface area (Å²) in [5.74, 6) is 0.735. The number of ether oxygens (including phenoxy) is 2. The summed E-state index contributed by atoms with van der Waals surface area (Å²) in [6.07, 6.45) is 1.97. The van der Waals surface area contributed by atoms with Crippen molar-refractivity contribution in [2.45, 2.75) is 6.10 Å². The monoisotopic (exact) mass is 408 g/mol. The molecule has 148 valence electrons. The number of nitrogens with one attached hydrogen (secondary N) is 2. The van der Waals surface area contributed by atoms with Crippen molar-refractivity contribution in [2.75, 3.05) is 25.6 Å². The Kier molecular flexibility index (Phi) is 6.24. The van der Waals surface area contributed by atoms with E-state index in [9.17, 15) is 9.50 Å². The van der Waals surface area contributed by atoms with Crippen molar-refractivity contribution in [2.24, 2.45) is 5.73 Å². The number of nitrogens with two attached hydrogens (primary N) is 1. The third-order valence-electron chi connectivity index (χ3n) is 3.68. The maximum absolute atomic E-state index is 13.9. The lowest BCUT2D eigenvalue weighted by Gasteiger charge is -2.16. The van der Waals surface area contributed by atoms with E-state index in [1.807, 2.05) is 0 Å². The number of aliphatic hydroxyl groups is 1. The van der Waals surface area contributed by atoms with E-state index in [1.165, 1.54) is 31.6 Å². The average molecular weight is 409 g/mol. The highest BCUT2D eigenvalue weighted by Gasteiger charge is 2.19. The number of hydrogen-bond acceptors (Lipinski definition) is 8. The van der Waals surface area contributed by atoms with Gasteiger partial charge in [0.05, 0.1) is 30.8 Å². The molecule has 0 bridgehead atoms. The van der Waals surface area contributed by atoms with Crippen molar-refractivity contribution in [3.63, 3.8) is 0 Å². The number of halogens is 2. The van der Waals surface area contributed by atoms with Gasteiger partial charge in [-0.05, 0) is 0 Å². The molecule has 0 spiro atoms. The Labute approximate surface area is 164 Å². The molecule has 1 unspecified atom stereocenters. The highest BCUT2D eigenvalue weighted by Crippen LogP contribution is 2.39. The number of aliphatic hydroxyl groups excluding tert-OH is 1. The third-order valence-corrected chi connectivity index (χ3v) is 3.87. The molecule has 0 aliphatic heterocycles. The molecule has 0 aliphatic carbocycles. The SMILES string of the molecule is COc1cc(F)cc(OCC(O)CN)c1-c1cc(Nc2cnc(Cl)cn2)n[nH]1. The number of hydrogen-bond donors (Lipinski definition) is 4. The van der Waals surface area contributed by atoms with E-state index in [-0.39, 0.29) is 29.8 Å². The molecule has 5 N–H and O–H groups in total. The van der Waals surface area contributed by atoms with Gasteiger partial charge in [-0.3, -0.25) is 5.10 Å². The van der Waals surface area contributed by atoms with Crippen LogP contribution < -0.4 is 20.5 Å². The zero-order valence-corrected chi connectivity index (χ0v) is 15.6. The Morgan fingerprint density at radius 1 is 1.25 bits per heavy atom. The first-order valence-corrected chi connectivity index (χ1v) is 8.56. The molecule has 0 aliphatic rings. The molecule has 3 aromatic rings. The summed E-state index contributed by atoms with van der Waals surface area (Å²) in [5, 5.41) is 19.9. The van der Waals surface area contributed by atoms with Crippen LogP contribution >= 0.6 is 11.6 Å². The summed E-state index contributed by atoms with van der Waals surface area (Å²) < 4.78 is 24.8. The second-order valence-electron chi connectivity index (χ2n) is 5.70. The molecule has 0 saturated carbocycles. The molecule has 0 saturated heterocycles. The molecule has 3 rings (SSSR count). The molecule has 9 nitrogen and oxygen atoms in total. The maximum Gasteiger partial charge on any atom is 0.153 e. The van der Waals surface area contributed by atoms with Gasteiger partial charge < -0.3 is 25.6 Å². The molecule has 0 fully saturated rings. The summed E-state index contributed by atoms with van der Waals surface area (Å²) in [5.41, 5.74) is 6.32. The Hall–Kier alpha value is -2.95. The first-order chi connectivity index (χ1) is 13.5. The minimum atomic E-state index is -0.885. The van der Waals surface area contributed by atoms with Crippen LogP contribution in [0.5, 0.6) is 11.5 Å². The topological polar surface area (TPSA) is 131 Å². The molecule has 28 heavy (non-hydrogen) atoms. The molecule has 2 heterocycles. The van der Waals surface area contributed by atoms with Crippen molar-refractivity contribution in [1.82, 2.24) is 20.2 Å². The maximum atomic E-state index is 13.9. The number of rotatable bonds is 8. The minimum absolute atomic E-state index is 0.0159. The van der Waals surface area contributed by atoms with Gasteiger partial charge in [0.25, 0.3) is 0 Å². The fourth-order valence-electron chi connectivity index (χ4n) is 2.37. The van der Waals surface area contributed by atoms with Crippen LogP contribution in [0.15, 0.2) is 30.6 Å². The first-order valence-electron chi connectivity index (χ1n) is 8.19. The first kappa shape index (κ1) is 19.8. The largest absolute Gasteiger partial charge is 0.496 e. The summed E-state index contributed by atoms with van der Waals surface area (Å²) in [4.78, 5) is 8.01. The molecule has 1 atom stereocenters. The van der Waals surface area contributed by atoms with Crippen molar-refractivity contribution in [3.05, 3.63) is 41.6 Å². The quantitative estimate of drug-likeness (QED) is 0.445. The van der Waals surface area contributed by atoms with Gasteiger partial charge >= 0.3 is 0 Å². The van der Waals surface area contributed by atoms with Gasteiger partial charge in [-0.25, -0.2) is 14.4 Å². The number of anilines is 2. The Balaban J connectivity index is 1.91. The Morgan fingerprint density at radius 2 is 2.04 bits per heavy atom. The van der Waals surface area contributed by atoms with Crippen LogP contribution in [0.1, 0.15) is 0 Å². The summed E-state index contributed by atoms with van der Waals surface area (Å²) in [6.45, 7) is -0.0856. The third kappa shape index (κ3) is 4.66. The highest BCUT2D eigenvalue weighted by molar-refractivity contribution is 6.29. The lowest BCUT2D eigenvalue weighted by atomic mass is 10.1. The van der Waals surface area contributed by atoms with E-state index < -0.39 is 11.9 Å². The molecular formula is C17H18ClFN6O3. The fraction of sp³-hybridized carbons (Fsp3) is 0.235. The zero-order valence-electron chi connectivity index (χ0n) is 14.8. The lowest BCUT2D eigenvalue weighted by Crippen LogP contribution is -2.26. The number of aromatic nitrogens is 4. The van der Waals surface area contributed by atoms with E-state index >= 15 is 0 Å². The molecule has 0 radical (unpaired) electrons. The van der Waals surface area contributed by atoms with Gasteiger partial charge in [0.15, 0.2) is 5.82 Å². The summed E-state index contributed by atoms with van der Waals surface area (Å²) in [6, 6.07) is 4.08. The number of methoxy groups -OCH3 is 1. The van der Waals surface area contributed by atoms with Crippen molar-refractivity contribution in [1.29, 1.82) is 0 Å². The van der Waals surface area contributed by atoms with Gasteiger partial charge in [0.2, 0.25) is 0 Å². The summed E-state index contributed by atoms with van der Waals surface area (Å²) in [7, 11) is 1.41. The van der Waals surface area contributed by atoms with Crippen LogP contribution in [-0.4, -0.2) is 51.6 Å². The van der Waals surface area contributed by atoms with Gasteiger partial charge in [-0.1, -0.05) is 11.6 Å². The number of aromatic amines is 1. The van der Waals surface area contributed by atoms with Gasteiger partial charge in [-0.2, -0.15) is 5.10 Å². The predicted octanol–water partition coefficient (Wildman–Crippen LogP) is 2.11. The van der Waals surface area contributed by atoms with Gasteiger partial charge in [0.1, 0.15) is 41.0 Å². The molecule has 1 aromatic carbocycles. The Morgan fingerprint density at radius 3 is 2.71 bits per heavy atom. The van der Waals surface area contributed by atoms with Crippen LogP contribution in [0.25, 0.3) is 11.3 Å². The zero-order chi connectivity index (χ0) is 20.1. The average Bonchev–Trinajstić information content (AvgIpc) is 3.15. The predicted molar refractivity (Wildman–Crippen MR) is 101 cm³/mol. The van der Waals surface area contributed by atoms with Crippen LogP contribution in [0, 0.1) is 5.82 Å². The second-order valence-corrected chi connectivity index (χ2v) is 6.09. The van der Waals surface area contributed by atoms with Crippen LogP contribution in [0.4, 0.5) is 16.0 Å². The van der Waals surface area contributed by atoms with Crippen LogP contribution in [-0.2, 0) is 0 Å². The van der Waals surface area contributed by atoms with E-state index in [4.69, 9.17) is 26.8 Å². The normalized spacial score (nSPS) is 11.9. The van der Waals surface area contributed by atoms with E-state index in [1.54, 1.807) is 6.07 Å². The number of H-pyrrole nitrogens is 1. The number of nitrogens with zero attached hydrogens (tertiary/aromatic N) is 3. The summed E-state index contributed by atoms with van der Waals surface area (Å²) >= 11 is 5.72. The fourth-order valence-corrected chi connectivity index (χ4v) is 2.47. The molecular weight excluding hydrogens is 391 g/mol. The Bertz CT molecular complexity index is 937. The van der Waals surface area contributed by atoms with Gasteiger partial charge in [0, 0.05) is 24.7 Å². The van der Waals surface area contributed by atoms with E-state index in [2.05, 4.69) is 25.5 Å². The molecule has 2 aromatic heterocycles. The van der Waals surface area contributed by atoms with Crippen molar-refractivity contribution < 1.29 is 19.0 Å². The standard InChI is InChI=1S/C17H18ClFN6O3/c1-27-12-2-9(19)3-13(28-8-10(26)5-20)17(12)11-4-15(25-24-11)23-16-7-21-14(18)6-22-16/h2-4,6-7,10,26H,5,8,20H2,1H3,(H2,22,23,24,25). The number of benzene rings is 1. The van der Waals surface area contributed by atoms with E-state index in [0.29, 0.717) is 22.9 Å².